The average molecular weight is 186 g/mol. The van der Waals surface area contributed by atoms with Crippen LogP contribution in [0, 0.1) is 0 Å². The van der Waals surface area contributed by atoms with Crippen molar-refractivity contribution in [1.82, 2.24) is 9.80 Å². The van der Waals surface area contributed by atoms with E-state index in [4.69, 9.17) is 0 Å². The lowest BCUT2D eigenvalue weighted by molar-refractivity contribution is -0.928. The number of hydrogen-bond acceptors (Lipinski definition) is 2. The second-order valence-electron chi connectivity index (χ2n) is 4.28. The molecule has 0 amide bonds. The highest BCUT2D eigenvalue weighted by molar-refractivity contribution is 4.68. The first-order chi connectivity index (χ1) is 6.16. The lowest BCUT2D eigenvalue weighted by atomic mass is 10.3. The summed E-state index contributed by atoms with van der Waals surface area (Å²) in [5, 5.41) is 0. The van der Waals surface area contributed by atoms with Crippen molar-refractivity contribution in [3.63, 3.8) is 0 Å². The van der Waals surface area contributed by atoms with E-state index < -0.39 is 0 Å². The summed E-state index contributed by atoms with van der Waals surface area (Å²) in [7, 11) is 6.76. The molecular formula is C10H24N3+. The number of nitrogens with zero attached hydrogens (tertiary/aromatic N) is 2. The van der Waals surface area contributed by atoms with Crippen LogP contribution in [0.25, 0.3) is 0 Å². The van der Waals surface area contributed by atoms with Crippen molar-refractivity contribution < 1.29 is 4.90 Å². The van der Waals surface area contributed by atoms with Crippen molar-refractivity contribution in [2.45, 2.75) is 26.1 Å². The van der Waals surface area contributed by atoms with Crippen molar-refractivity contribution in [2.75, 3.05) is 40.8 Å². The molecule has 3 heteroatoms. The molecule has 0 radical (unpaired) electrons. The molecule has 1 aliphatic rings. The number of likely N-dealkylation sites (N-methyl/N-ethyl adjacent to an activating group) is 2. The quantitative estimate of drug-likeness (QED) is 0.632. The number of unbranched alkanes of at least 4 members (excludes halogenated alkanes) is 1. The van der Waals surface area contributed by atoms with Gasteiger partial charge in [-0.3, -0.25) is 0 Å². The van der Waals surface area contributed by atoms with Gasteiger partial charge in [-0.25, -0.2) is 9.80 Å². The van der Waals surface area contributed by atoms with Crippen LogP contribution in [0.3, 0.4) is 0 Å². The molecule has 1 atom stereocenters. The largest absolute Gasteiger partial charge is 0.309 e. The van der Waals surface area contributed by atoms with E-state index in [-0.39, 0.29) is 0 Å². The fourth-order valence-corrected chi connectivity index (χ4v) is 2.23. The zero-order valence-electron chi connectivity index (χ0n) is 9.51. The number of quaternary nitrogens is 1. The number of hydrogen-bond donors (Lipinski definition) is 1. The molecule has 0 aliphatic carbocycles. The molecule has 0 saturated carbocycles. The molecular weight excluding hydrogens is 162 g/mol. The summed E-state index contributed by atoms with van der Waals surface area (Å²) in [6.45, 7) is 5.97. The molecule has 1 heterocycles. The summed E-state index contributed by atoms with van der Waals surface area (Å²) in [6.07, 6.45) is 3.24. The van der Waals surface area contributed by atoms with E-state index >= 15 is 0 Å². The second-order valence-corrected chi connectivity index (χ2v) is 4.28. The molecule has 78 valence electrons. The first kappa shape index (κ1) is 11.0. The van der Waals surface area contributed by atoms with Gasteiger partial charge in [0.25, 0.3) is 0 Å². The molecule has 0 spiro atoms. The summed E-state index contributed by atoms with van der Waals surface area (Å²) in [4.78, 5) is 6.53. The van der Waals surface area contributed by atoms with Crippen molar-refractivity contribution in [2.24, 2.45) is 0 Å². The molecule has 1 N–H and O–H groups in total. The highest BCUT2D eigenvalue weighted by Gasteiger charge is 2.32. The topological polar surface area (TPSA) is 10.9 Å². The van der Waals surface area contributed by atoms with E-state index in [9.17, 15) is 0 Å². The Bertz CT molecular complexity index is 139. The highest BCUT2D eigenvalue weighted by atomic mass is 15.5. The minimum absolute atomic E-state index is 0.603. The molecule has 1 fully saturated rings. The number of rotatable bonds is 4. The van der Waals surface area contributed by atoms with E-state index in [2.05, 4.69) is 37.9 Å². The minimum Gasteiger partial charge on any atom is -0.309 e. The van der Waals surface area contributed by atoms with E-state index in [0.29, 0.717) is 6.29 Å². The van der Waals surface area contributed by atoms with Crippen LogP contribution < -0.4 is 4.90 Å². The fourth-order valence-electron chi connectivity index (χ4n) is 2.23. The van der Waals surface area contributed by atoms with Crippen molar-refractivity contribution in [3.05, 3.63) is 0 Å². The van der Waals surface area contributed by atoms with Gasteiger partial charge in [0.2, 0.25) is 6.29 Å². The SMILES string of the molecule is CCCC[NH+](C)C1N(C)CCN1C. The van der Waals surface area contributed by atoms with Gasteiger partial charge in [-0.05, 0) is 20.5 Å². The van der Waals surface area contributed by atoms with Crippen molar-refractivity contribution in [1.29, 1.82) is 0 Å². The molecule has 1 unspecified atom stereocenters. The second kappa shape index (κ2) is 4.94. The average Bonchev–Trinajstić information content (AvgIpc) is 2.42. The van der Waals surface area contributed by atoms with E-state index in [1.54, 1.807) is 4.90 Å². The van der Waals surface area contributed by atoms with Gasteiger partial charge in [0.15, 0.2) is 0 Å². The maximum absolute atomic E-state index is 2.45. The summed E-state index contributed by atoms with van der Waals surface area (Å²) in [5.74, 6) is 0. The van der Waals surface area contributed by atoms with Crippen LogP contribution in [0.15, 0.2) is 0 Å². The molecule has 1 saturated heterocycles. The van der Waals surface area contributed by atoms with Crippen molar-refractivity contribution in [3.8, 4) is 0 Å². The maximum Gasteiger partial charge on any atom is 0.203 e. The summed E-state index contributed by atoms with van der Waals surface area (Å²) in [5.41, 5.74) is 0. The van der Waals surface area contributed by atoms with Crippen LogP contribution in [0.4, 0.5) is 0 Å². The Morgan fingerprint density at radius 2 is 1.77 bits per heavy atom. The van der Waals surface area contributed by atoms with Gasteiger partial charge < -0.3 is 4.90 Å². The summed E-state index contributed by atoms with van der Waals surface area (Å²) >= 11 is 0. The third-order valence-electron chi connectivity index (χ3n) is 3.01. The monoisotopic (exact) mass is 186 g/mol. The minimum atomic E-state index is 0.603. The third kappa shape index (κ3) is 2.66. The zero-order valence-corrected chi connectivity index (χ0v) is 9.51. The Morgan fingerprint density at radius 1 is 1.23 bits per heavy atom. The van der Waals surface area contributed by atoms with Gasteiger partial charge in [-0.2, -0.15) is 0 Å². The Hall–Kier alpha value is -0.120. The van der Waals surface area contributed by atoms with Gasteiger partial charge in [0, 0.05) is 13.1 Å². The van der Waals surface area contributed by atoms with Crippen LogP contribution in [-0.4, -0.2) is 56.9 Å². The summed E-state index contributed by atoms with van der Waals surface area (Å²) in [6, 6.07) is 0. The van der Waals surface area contributed by atoms with E-state index in [1.807, 2.05) is 0 Å². The third-order valence-corrected chi connectivity index (χ3v) is 3.01. The Morgan fingerprint density at radius 3 is 2.23 bits per heavy atom. The van der Waals surface area contributed by atoms with E-state index in [0.717, 1.165) is 0 Å². The van der Waals surface area contributed by atoms with Crippen molar-refractivity contribution >= 4 is 0 Å². The lowest BCUT2D eigenvalue weighted by Crippen LogP contribution is -3.16. The summed E-state index contributed by atoms with van der Waals surface area (Å²) < 4.78 is 0. The molecule has 3 nitrogen and oxygen atoms in total. The molecule has 1 rings (SSSR count). The van der Waals surface area contributed by atoms with Crippen LogP contribution >= 0.6 is 0 Å². The molecule has 0 aromatic heterocycles. The van der Waals surface area contributed by atoms with Gasteiger partial charge >= 0.3 is 0 Å². The van der Waals surface area contributed by atoms with Gasteiger partial charge in [0.05, 0.1) is 13.6 Å². The molecule has 1 aliphatic heterocycles. The van der Waals surface area contributed by atoms with Crippen LogP contribution in [-0.2, 0) is 0 Å². The first-order valence-electron chi connectivity index (χ1n) is 5.39. The predicted octanol–water partition coefficient (Wildman–Crippen LogP) is -0.538. The smallest absolute Gasteiger partial charge is 0.203 e. The molecule has 13 heavy (non-hydrogen) atoms. The molecule has 0 aromatic rings. The highest BCUT2D eigenvalue weighted by Crippen LogP contribution is 2.03. The molecule has 0 bridgehead atoms. The van der Waals surface area contributed by atoms with Gasteiger partial charge in [-0.1, -0.05) is 13.3 Å². The fraction of sp³-hybridized carbons (Fsp3) is 1.00. The van der Waals surface area contributed by atoms with Gasteiger partial charge in [-0.15, -0.1) is 0 Å². The van der Waals surface area contributed by atoms with Crippen LogP contribution in [0.5, 0.6) is 0 Å². The number of nitrogens with one attached hydrogen (secondary N) is 1. The first-order valence-corrected chi connectivity index (χ1v) is 5.39. The normalized spacial score (nSPS) is 24.0. The maximum atomic E-state index is 2.45. The van der Waals surface area contributed by atoms with Gasteiger partial charge in [0.1, 0.15) is 0 Å². The van der Waals surface area contributed by atoms with Crippen LogP contribution in [0.2, 0.25) is 0 Å². The standard InChI is InChI=1S/C10H23N3/c1-5-6-7-11(2)10-12(3)8-9-13(10)4/h10H,5-9H2,1-4H3/p+1. The lowest BCUT2D eigenvalue weighted by Gasteiger charge is -2.30. The van der Waals surface area contributed by atoms with Crippen LogP contribution in [0.1, 0.15) is 19.8 Å². The molecule has 0 aromatic carbocycles. The Balaban J connectivity index is 2.39. The Kier molecular flexibility index (Phi) is 4.16. The zero-order chi connectivity index (χ0) is 9.84. The Labute approximate surface area is 82.3 Å². The van der Waals surface area contributed by atoms with E-state index in [1.165, 1.54) is 32.5 Å². The predicted molar refractivity (Wildman–Crippen MR) is 55.7 cm³/mol.